The lowest BCUT2D eigenvalue weighted by Crippen LogP contribution is -2.46. The molecule has 1 aromatic rings. The van der Waals surface area contributed by atoms with Crippen LogP contribution < -0.4 is 5.32 Å². The van der Waals surface area contributed by atoms with Crippen LogP contribution in [0.4, 0.5) is 0 Å². The molecule has 0 saturated carbocycles. The maximum absolute atomic E-state index is 11.1. The quantitative estimate of drug-likeness (QED) is 0.665. The molecule has 0 aromatic carbocycles. The van der Waals surface area contributed by atoms with Crippen molar-refractivity contribution >= 4 is 17.7 Å². The fourth-order valence-corrected chi connectivity index (χ4v) is 2.71. The third kappa shape index (κ3) is 4.47. The number of aromatic nitrogens is 2. The van der Waals surface area contributed by atoms with Gasteiger partial charge in [-0.1, -0.05) is 11.8 Å². The van der Waals surface area contributed by atoms with Crippen molar-refractivity contribution in [3.05, 3.63) is 18.0 Å². The van der Waals surface area contributed by atoms with Crippen LogP contribution in [-0.4, -0.2) is 46.2 Å². The second-order valence-electron chi connectivity index (χ2n) is 4.85. The van der Waals surface area contributed by atoms with Crippen LogP contribution in [0.2, 0.25) is 0 Å². The molecule has 2 heterocycles. The minimum absolute atomic E-state index is 0.0551. The molecule has 1 amide bonds. The molecule has 19 heavy (non-hydrogen) atoms. The smallest absolute Gasteiger partial charge is 0.217 e. The summed E-state index contributed by atoms with van der Waals surface area (Å²) in [6.45, 7) is 4.41. The normalized spacial score (nSPS) is 20.2. The second-order valence-corrected chi connectivity index (χ2v) is 5.63. The Bertz CT molecular complexity index is 423. The summed E-state index contributed by atoms with van der Waals surface area (Å²) in [7, 11) is 0. The van der Waals surface area contributed by atoms with E-state index in [1.54, 1.807) is 18.7 Å². The Kier molecular flexibility index (Phi) is 5.15. The van der Waals surface area contributed by atoms with E-state index in [4.69, 9.17) is 0 Å². The van der Waals surface area contributed by atoms with Gasteiger partial charge in [-0.3, -0.25) is 9.69 Å². The molecule has 0 aliphatic carbocycles. The third-order valence-electron chi connectivity index (χ3n) is 3.18. The highest BCUT2D eigenvalue weighted by Gasteiger charge is 2.20. The minimum atomic E-state index is 0.0551. The van der Waals surface area contributed by atoms with Crippen molar-refractivity contribution in [2.24, 2.45) is 0 Å². The number of nitrogens with one attached hydrogen (secondary N) is 1. The molecule has 0 bridgehead atoms. The summed E-state index contributed by atoms with van der Waals surface area (Å²) < 4.78 is 0. The van der Waals surface area contributed by atoms with E-state index in [0.29, 0.717) is 0 Å². The Morgan fingerprint density at radius 1 is 1.53 bits per heavy atom. The first-order valence-corrected chi connectivity index (χ1v) is 7.74. The van der Waals surface area contributed by atoms with Crippen LogP contribution in [0.25, 0.3) is 0 Å². The second kappa shape index (κ2) is 6.86. The lowest BCUT2D eigenvalue weighted by molar-refractivity contribution is -0.120. The predicted octanol–water partition coefficient (Wildman–Crippen LogP) is 1.30. The van der Waals surface area contributed by atoms with Gasteiger partial charge in [-0.15, -0.1) is 0 Å². The zero-order valence-corrected chi connectivity index (χ0v) is 12.2. The number of carbonyl (C=O) groups excluding carboxylic acids is 1. The van der Waals surface area contributed by atoms with E-state index in [9.17, 15) is 4.79 Å². The molecule has 1 N–H and O–H groups in total. The SMILES string of the molecule is CSc1ncc(CN2CCCC(NC(C)=O)C2)cn1. The lowest BCUT2D eigenvalue weighted by atomic mass is 10.1. The number of amides is 1. The number of hydrogen-bond acceptors (Lipinski definition) is 5. The average Bonchev–Trinajstić information content (AvgIpc) is 2.39. The van der Waals surface area contributed by atoms with Gasteiger partial charge in [0.05, 0.1) is 0 Å². The molecule has 1 aliphatic heterocycles. The summed E-state index contributed by atoms with van der Waals surface area (Å²) >= 11 is 1.55. The Hall–Kier alpha value is -1.14. The van der Waals surface area contributed by atoms with Gasteiger partial charge in [0.2, 0.25) is 5.91 Å². The molecule has 1 aliphatic rings. The van der Waals surface area contributed by atoms with Crippen molar-refractivity contribution in [1.29, 1.82) is 0 Å². The summed E-state index contributed by atoms with van der Waals surface area (Å²) in [6, 6.07) is 0.276. The fraction of sp³-hybridized carbons (Fsp3) is 0.615. The van der Waals surface area contributed by atoms with Crippen molar-refractivity contribution in [1.82, 2.24) is 20.2 Å². The van der Waals surface area contributed by atoms with E-state index in [1.807, 2.05) is 18.6 Å². The molecule has 1 aromatic heterocycles. The highest BCUT2D eigenvalue weighted by Crippen LogP contribution is 2.14. The largest absolute Gasteiger partial charge is 0.352 e. The van der Waals surface area contributed by atoms with Crippen molar-refractivity contribution in [3.8, 4) is 0 Å². The summed E-state index contributed by atoms with van der Waals surface area (Å²) in [4.78, 5) is 22.0. The minimum Gasteiger partial charge on any atom is -0.352 e. The lowest BCUT2D eigenvalue weighted by Gasteiger charge is -2.32. The summed E-state index contributed by atoms with van der Waals surface area (Å²) in [5.74, 6) is 0.0551. The predicted molar refractivity (Wildman–Crippen MR) is 75.9 cm³/mol. The maximum Gasteiger partial charge on any atom is 0.217 e. The molecule has 1 unspecified atom stereocenters. The van der Waals surface area contributed by atoms with Crippen LogP contribution in [0.1, 0.15) is 25.3 Å². The number of rotatable bonds is 4. The monoisotopic (exact) mass is 280 g/mol. The van der Waals surface area contributed by atoms with Gasteiger partial charge in [0.1, 0.15) is 0 Å². The third-order valence-corrected chi connectivity index (χ3v) is 3.76. The molecule has 6 heteroatoms. The fourth-order valence-electron chi connectivity index (χ4n) is 2.39. The van der Waals surface area contributed by atoms with Crippen LogP contribution in [0.15, 0.2) is 17.6 Å². The molecule has 104 valence electrons. The van der Waals surface area contributed by atoms with E-state index in [-0.39, 0.29) is 11.9 Å². The van der Waals surface area contributed by atoms with E-state index in [1.165, 1.54) is 0 Å². The van der Waals surface area contributed by atoms with Crippen LogP contribution in [0, 0.1) is 0 Å². The van der Waals surface area contributed by atoms with Crippen LogP contribution in [0.3, 0.4) is 0 Å². The Morgan fingerprint density at radius 2 is 2.26 bits per heavy atom. The van der Waals surface area contributed by atoms with Crippen molar-refractivity contribution in [2.75, 3.05) is 19.3 Å². The van der Waals surface area contributed by atoms with Gasteiger partial charge >= 0.3 is 0 Å². The molecule has 1 atom stereocenters. The van der Waals surface area contributed by atoms with E-state index < -0.39 is 0 Å². The van der Waals surface area contributed by atoms with Gasteiger partial charge < -0.3 is 5.32 Å². The number of piperidine rings is 1. The van der Waals surface area contributed by atoms with Gasteiger partial charge in [-0.25, -0.2) is 9.97 Å². The first kappa shape index (κ1) is 14.3. The molecular formula is C13H20N4OS. The standard InChI is InChI=1S/C13H20N4OS/c1-10(18)16-12-4-3-5-17(9-12)8-11-6-14-13(19-2)15-7-11/h6-7,12H,3-5,8-9H2,1-2H3,(H,16,18). The zero-order chi connectivity index (χ0) is 13.7. The molecule has 5 nitrogen and oxygen atoms in total. The van der Waals surface area contributed by atoms with Gasteiger partial charge in [0.15, 0.2) is 5.16 Å². The number of nitrogens with zero attached hydrogens (tertiary/aromatic N) is 3. The summed E-state index contributed by atoms with van der Waals surface area (Å²) in [6.07, 6.45) is 7.94. The maximum atomic E-state index is 11.1. The number of carbonyl (C=O) groups is 1. The molecule has 0 spiro atoms. The van der Waals surface area contributed by atoms with Crippen molar-refractivity contribution in [2.45, 2.75) is 37.5 Å². The highest BCUT2D eigenvalue weighted by atomic mass is 32.2. The van der Waals surface area contributed by atoms with Gasteiger partial charge in [-0.05, 0) is 25.6 Å². The summed E-state index contributed by atoms with van der Waals surface area (Å²) in [5.41, 5.74) is 1.13. The Labute approximate surface area is 118 Å². The highest BCUT2D eigenvalue weighted by molar-refractivity contribution is 7.98. The molecule has 1 fully saturated rings. The van der Waals surface area contributed by atoms with E-state index in [2.05, 4.69) is 20.2 Å². The molecule has 2 rings (SSSR count). The van der Waals surface area contributed by atoms with Crippen molar-refractivity contribution in [3.63, 3.8) is 0 Å². The summed E-state index contributed by atoms with van der Waals surface area (Å²) in [5, 5.41) is 3.80. The van der Waals surface area contributed by atoms with Gasteiger partial charge in [-0.2, -0.15) is 0 Å². The first-order chi connectivity index (χ1) is 9.17. The van der Waals surface area contributed by atoms with Gasteiger partial charge in [0, 0.05) is 44.0 Å². The topological polar surface area (TPSA) is 58.1 Å². The Morgan fingerprint density at radius 3 is 2.89 bits per heavy atom. The van der Waals surface area contributed by atoms with E-state index in [0.717, 1.165) is 43.2 Å². The molecule has 0 radical (unpaired) electrons. The molecule has 1 saturated heterocycles. The number of likely N-dealkylation sites (tertiary alicyclic amines) is 1. The molecular weight excluding hydrogens is 260 g/mol. The van der Waals surface area contributed by atoms with Crippen molar-refractivity contribution < 1.29 is 4.79 Å². The Balaban J connectivity index is 1.88. The van der Waals surface area contributed by atoms with Crippen LogP contribution >= 0.6 is 11.8 Å². The zero-order valence-electron chi connectivity index (χ0n) is 11.4. The number of thioether (sulfide) groups is 1. The van der Waals surface area contributed by atoms with Crippen LogP contribution in [-0.2, 0) is 11.3 Å². The number of hydrogen-bond donors (Lipinski definition) is 1. The first-order valence-electron chi connectivity index (χ1n) is 6.51. The van der Waals surface area contributed by atoms with Gasteiger partial charge in [0.25, 0.3) is 0 Å². The van der Waals surface area contributed by atoms with E-state index >= 15 is 0 Å². The van der Waals surface area contributed by atoms with Crippen LogP contribution in [0.5, 0.6) is 0 Å². The average molecular weight is 280 g/mol.